The third-order valence-electron chi connectivity index (χ3n) is 6.85. The Labute approximate surface area is 180 Å². The summed E-state index contributed by atoms with van der Waals surface area (Å²) in [4.78, 5) is 31.8. The molecule has 6 nitrogen and oxygen atoms in total. The van der Waals surface area contributed by atoms with Crippen LogP contribution in [0.5, 0.6) is 0 Å². The van der Waals surface area contributed by atoms with E-state index in [0.717, 1.165) is 71.4 Å². The van der Waals surface area contributed by atoms with Gasteiger partial charge in [-0.3, -0.25) is 19.4 Å². The van der Waals surface area contributed by atoms with Crippen molar-refractivity contribution in [2.24, 2.45) is 0 Å². The van der Waals surface area contributed by atoms with Crippen molar-refractivity contribution >= 4 is 11.8 Å². The number of nitrogens with zero attached hydrogens (tertiary/aromatic N) is 3. The molecule has 2 amide bonds. The number of hydrogen-bond acceptors (Lipinski definition) is 4. The summed E-state index contributed by atoms with van der Waals surface area (Å²) in [5, 5.41) is 3.26. The van der Waals surface area contributed by atoms with Crippen molar-refractivity contribution in [3.63, 3.8) is 0 Å². The number of aryl methyl sites for hydroxylation is 1. The van der Waals surface area contributed by atoms with Crippen LogP contribution in [-0.2, 0) is 16.0 Å². The molecule has 3 aliphatic rings. The lowest BCUT2D eigenvalue weighted by Crippen LogP contribution is -2.52. The molecule has 0 spiro atoms. The quantitative estimate of drug-likeness (QED) is 0.806. The Bertz CT molecular complexity index is 722. The lowest BCUT2D eigenvalue weighted by molar-refractivity contribution is -0.133. The van der Waals surface area contributed by atoms with Crippen molar-refractivity contribution in [2.45, 2.75) is 51.0 Å². The molecule has 1 atom stereocenters. The molecule has 164 valence electrons. The molecule has 0 radical (unpaired) electrons. The van der Waals surface area contributed by atoms with Crippen LogP contribution in [0.4, 0.5) is 0 Å². The summed E-state index contributed by atoms with van der Waals surface area (Å²) in [6.07, 6.45) is 8.04. The molecule has 2 saturated heterocycles. The smallest absolute Gasteiger partial charge is 0.236 e. The van der Waals surface area contributed by atoms with Crippen LogP contribution in [0.25, 0.3) is 0 Å². The van der Waals surface area contributed by atoms with Crippen LogP contribution in [0.3, 0.4) is 0 Å². The van der Waals surface area contributed by atoms with Crippen molar-refractivity contribution in [3.05, 3.63) is 35.4 Å². The predicted octanol–water partition coefficient (Wildman–Crippen LogP) is 2.20. The van der Waals surface area contributed by atoms with E-state index in [2.05, 4.69) is 44.3 Å². The number of hydrogen-bond donors (Lipinski definition) is 1. The molecule has 30 heavy (non-hydrogen) atoms. The highest BCUT2D eigenvalue weighted by Crippen LogP contribution is 2.29. The van der Waals surface area contributed by atoms with E-state index in [0.29, 0.717) is 13.1 Å². The van der Waals surface area contributed by atoms with Crippen molar-refractivity contribution < 1.29 is 9.59 Å². The highest BCUT2D eigenvalue weighted by molar-refractivity contribution is 5.79. The fraction of sp³-hybridized carbons (Fsp3) is 0.667. The molecule has 1 N–H and O–H groups in total. The van der Waals surface area contributed by atoms with Gasteiger partial charge in [-0.05, 0) is 43.2 Å². The van der Waals surface area contributed by atoms with Crippen molar-refractivity contribution in [1.82, 2.24) is 20.0 Å². The Morgan fingerprint density at radius 1 is 0.833 bits per heavy atom. The average molecular weight is 413 g/mol. The number of nitrogens with one attached hydrogen (secondary N) is 1. The minimum Gasteiger partial charge on any atom is -0.348 e. The monoisotopic (exact) mass is 412 g/mol. The van der Waals surface area contributed by atoms with E-state index in [1.54, 1.807) is 0 Å². The molecule has 4 rings (SSSR count). The van der Waals surface area contributed by atoms with Gasteiger partial charge in [-0.25, -0.2) is 0 Å². The largest absolute Gasteiger partial charge is 0.348 e. The number of rotatable bonds is 5. The molecule has 1 aromatic carbocycles. The number of carbonyl (C=O) groups is 2. The van der Waals surface area contributed by atoms with E-state index in [-0.39, 0.29) is 17.9 Å². The highest BCUT2D eigenvalue weighted by Gasteiger charge is 2.25. The van der Waals surface area contributed by atoms with E-state index in [4.69, 9.17) is 0 Å². The Balaban J connectivity index is 1.19. The van der Waals surface area contributed by atoms with E-state index >= 15 is 0 Å². The first-order valence-corrected chi connectivity index (χ1v) is 11.8. The summed E-state index contributed by atoms with van der Waals surface area (Å²) in [6.45, 7) is 6.24. The lowest BCUT2D eigenvalue weighted by Gasteiger charge is -2.35. The zero-order chi connectivity index (χ0) is 20.8. The van der Waals surface area contributed by atoms with E-state index in [1.807, 2.05) is 0 Å². The van der Waals surface area contributed by atoms with Crippen LogP contribution in [-0.4, -0.2) is 78.9 Å². The van der Waals surface area contributed by atoms with E-state index in [9.17, 15) is 9.59 Å². The molecule has 2 aliphatic heterocycles. The van der Waals surface area contributed by atoms with Gasteiger partial charge in [-0.2, -0.15) is 0 Å². The van der Waals surface area contributed by atoms with Gasteiger partial charge in [-0.1, -0.05) is 37.1 Å². The molecule has 0 saturated carbocycles. The summed E-state index contributed by atoms with van der Waals surface area (Å²) in [6, 6.07) is 8.63. The fourth-order valence-corrected chi connectivity index (χ4v) is 5.06. The molecule has 1 unspecified atom stereocenters. The Morgan fingerprint density at radius 3 is 2.23 bits per heavy atom. The van der Waals surface area contributed by atoms with Crippen LogP contribution >= 0.6 is 0 Å². The average Bonchev–Trinajstić information content (AvgIpc) is 3.05. The summed E-state index contributed by atoms with van der Waals surface area (Å²) in [7, 11) is 0. The number of amides is 2. The van der Waals surface area contributed by atoms with Crippen LogP contribution in [0.1, 0.15) is 55.7 Å². The molecule has 0 bridgehead atoms. The third-order valence-corrected chi connectivity index (χ3v) is 6.85. The summed E-state index contributed by atoms with van der Waals surface area (Å²) < 4.78 is 0. The molecule has 1 aromatic rings. The maximum Gasteiger partial charge on any atom is 0.236 e. The van der Waals surface area contributed by atoms with Gasteiger partial charge < -0.3 is 10.2 Å². The van der Waals surface area contributed by atoms with Crippen molar-refractivity contribution in [1.29, 1.82) is 0 Å². The van der Waals surface area contributed by atoms with Crippen molar-refractivity contribution in [3.8, 4) is 0 Å². The summed E-state index contributed by atoms with van der Waals surface area (Å²) in [5.41, 5.74) is 2.66. The van der Waals surface area contributed by atoms with Gasteiger partial charge in [0, 0.05) is 39.3 Å². The fourth-order valence-electron chi connectivity index (χ4n) is 5.06. The molecule has 2 heterocycles. The summed E-state index contributed by atoms with van der Waals surface area (Å²) in [5.74, 6) is 0.393. The molecule has 2 fully saturated rings. The van der Waals surface area contributed by atoms with Gasteiger partial charge >= 0.3 is 0 Å². The van der Waals surface area contributed by atoms with Gasteiger partial charge in [0.2, 0.25) is 11.8 Å². The maximum atomic E-state index is 12.7. The second-order valence-corrected chi connectivity index (χ2v) is 9.06. The highest BCUT2D eigenvalue weighted by atomic mass is 16.2. The maximum absolute atomic E-state index is 12.7. The first-order valence-electron chi connectivity index (χ1n) is 11.8. The SMILES string of the molecule is O=C(CN1CCN(CC(=O)N2CCCCCC2)CC1)NC1CCCc2ccccc21. The number of benzene rings is 1. The number of likely N-dealkylation sites (tertiary alicyclic amines) is 1. The molecule has 0 aromatic heterocycles. The van der Waals surface area contributed by atoms with Crippen LogP contribution in [0, 0.1) is 0 Å². The second kappa shape index (κ2) is 10.4. The van der Waals surface area contributed by atoms with E-state index < -0.39 is 0 Å². The number of carbonyl (C=O) groups excluding carboxylic acids is 2. The van der Waals surface area contributed by atoms with Gasteiger partial charge in [0.25, 0.3) is 0 Å². The summed E-state index contributed by atoms with van der Waals surface area (Å²) >= 11 is 0. The molecule has 6 heteroatoms. The molecular formula is C24H36N4O2. The molecular weight excluding hydrogens is 376 g/mol. The van der Waals surface area contributed by atoms with Crippen LogP contribution in [0.2, 0.25) is 0 Å². The van der Waals surface area contributed by atoms with Gasteiger partial charge in [0.1, 0.15) is 0 Å². The topological polar surface area (TPSA) is 55.9 Å². The number of piperazine rings is 1. The standard InChI is InChI=1S/C24H36N4O2/c29-23(25-22-11-7-9-20-8-3-4-10-21(20)22)18-26-14-16-27(17-15-26)19-24(30)28-12-5-1-2-6-13-28/h3-4,8,10,22H,1-2,5-7,9,11-19H2,(H,25,29). The minimum absolute atomic E-state index is 0.116. The Hall–Kier alpha value is -1.92. The first-order chi connectivity index (χ1) is 14.7. The van der Waals surface area contributed by atoms with Crippen molar-refractivity contribution in [2.75, 3.05) is 52.4 Å². The van der Waals surface area contributed by atoms with E-state index in [1.165, 1.54) is 24.0 Å². The third kappa shape index (κ3) is 5.61. The zero-order valence-corrected chi connectivity index (χ0v) is 18.2. The zero-order valence-electron chi connectivity index (χ0n) is 18.2. The Kier molecular flexibility index (Phi) is 7.39. The first kappa shape index (κ1) is 21.3. The molecule has 1 aliphatic carbocycles. The van der Waals surface area contributed by atoms with Crippen LogP contribution < -0.4 is 5.32 Å². The van der Waals surface area contributed by atoms with Gasteiger partial charge in [0.15, 0.2) is 0 Å². The Morgan fingerprint density at radius 2 is 1.50 bits per heavy atom. The minimum atomic E-state index is 0.116. The van der Waals surface area contributed by atoms with Gasteiger partial charge in [0.05, 0.1) is 19.1 Å². The van der Waals surface area contributed by atoms with Crippen LogP contribution in [0.15, 0.2) is 24.3 Å². The number of fused-ring (bicyclic) bond motifs is 1. The lowest BCUT2D eigenvalue weighted by atomic mass is 9.88. The predicted molar refractivity (Wildman–Crippen MR) is 118 cm³/mol. The van der Waals surface area contributed by atoms with Gasteiger partial charge in [-0.15, -0.1) is 0 Å². The normalized spacial score (nSPS) is 23.5. The second-order valence-electron chi connectivity index (χ2n) is 9.06.